The number of aromatic hydroxyl groups is 1. The zero-order valence-corrected chi connectivity index (χ0v) is 19.9. The third-order valence-corrected chi connectivity index (χ3v) is 6.99. The van der Waals surface area contributed by atoms with E-state index in [9.17, 15) is 9.90 Å². The summed E-state index contributed by atoms with van der Waals surface area (Å²) in [5.41, 5.74) is 0.860. The van der Waals surface area contributed by atoms with Gasteiger partial charge < -0.3 is 24.1 Å². The van der Waals surface area contributed by atoms with Crippen LogP contribution in [-0.2, 0) is 9.53 Å². The van der Waals surface area contributed by atoms with Crippen LogP contribution in [0.25, 0.3) is 4.96 Å². The molecular formula is C22H28N4O6S. The first kappa shape index (κ1) is 23.1. The lowest BCUT2D eigenvalue weighted by atomic mass is 9.93. The number of piperidine rings is 1. The number of carbonyl (C=O) groups is 1. The van der Waals surface area contributed by atoms with Gasteiger partial charge in [-0.15, -0.1) is 0 Å². The maximum Gasteiger partial charge on any atom is 0.309 e. The Morgan fingerprint density at radius 2 is 1.85 bits per heavy atom. The van der Waals surface area contributed by atoms with Gasteiger partial charge in [-0.3, -0.25) is 9.69 Å². The molecule has 33 heavy (non-hydrogen) atoms. The molecule has 0 spiro atoms. The Morgan fingerprint density at radius 1 is 1.18 bits per heavy atom. The summed E-state index contributed by atoms with van der Waals surface area (Å²) in [5, 5.41) is 15.1. The van der Waals surface area contributed by atoms with Crippen molar-refractivity contribution in [3.63, 3.8) is 0 Å². The fourth-order valence-electron chi connectivity index (χ4n) is 4.31. The number of carbonyl (C=O) groups excluding carboxylic acids is 1. The van der Waals surface area contributed by atoms with Crippen molar-refractivity contribution >= 4 is 22.3 Å². The Kier molecular flexibility index (Phi) is 6.89. The van der Waals surface area contributed by atoms with Gasteiger partial charge >= 0.3 is 5.97 Å². The van der Waals surface area contributed by atoms with Gasteiger partial charge in [-0.05, 0) is 50.6 Å². The summed E-state index contributed by atoms with van der Waals surface area (Å²) >= 11 is 1.37. The first-order chi connectivity index (χ1) is 16.0. The highest BCUT2D eigenvalue weighted by Crippen LogP contribution is 2.46. The third-order valence-electron chi connectivity index (χ3n) is 5.90. The Bertz CT molecular complexity index is 1100. The van der Waals surface area contributed by atoms with Crippen LogP contribution >= 0.6 is 11.3 Å². The fourth-order valence-corrected chi connectivity index (χ4v) is 5.40. The van der Waals surface area contributed by atoms with E-state index in [2.05, 4.69) is 15.0 Å². The second-order valence-electron chi connectivity index (χ2n) is 7.67. The molecule has 0 bridgehead atoms. The lowest BCUT2D eigenvalue weighted by molar-refractivity contribution is -0.149. The van der Waals surface area contributed by atoms with E-state index in [1.807, 2.05) is 19.1 Å². The molecule has 11 heteroatoms. The largest absolute Gasteiger partial charge is 0.493 e. The van der Waals surface area contributed by atoms with Crippen LogP contribution in [0.2, 0.25) is 0 Å². The fraction of sp³-hybridized carbons (Fsp3) is 0.500. The van der Waals surface area contributed by atoms with E-state index in [1.165, 1.54) is 22.2 Å². The SMILES string of the molecule is CCOC(=O)C1CCN([C@H](c2cc(OC)c(OC)c(OC)c2)c2sc3ncnn3c2O)CC1. The number of likely N-dealkylation sites (tertiary alicyclic amines) is 1. The minimum Gasteiger partial charge on any atom is -0.493 e. The van der Waals surface area contributed by atoms with Crippen LogP contribution in [0.5, 0.6) is 23.1 Å². The number of aromatic nitrogens is 3. The van der Waals surface area contributed by atoms with Crippen LogP contribution in [0.3, 0.4) is 0 Å². The second-order valence-corrected chi connectivity index (χ2v) is 8.68. The molecule has 1 aliphatic heterocycles. The molecule has 0 aliphatic carbocycles. The van der Waals surface area contributed by atoms with Crippen LogP contribution in [0.4, 0.5) is 0 Å². The van der Waals surface area contributed by atoms with Gasteiger partial charge in [0.15, 0.2) is 11.5 Å². The average molecular weight is 477 g/mol. The van der Waals surface area contributed by atoms with Gasteiger partial charge in [0.1, 0.15) is 6.33 Å². The Labute approximate surface area is 195 Å². The van der Waals surface area contributed by atoms with Gasteiger partial charge in [0.05, 0.1) is 44.8 Å². The smallest absolute Gasteiger partial charge is 0.309 e. The average Bonchev–Trinajstić information content (AvgIpc) is 3.42. The van der Waals surface area contributed by atoms with Gasteiger partial charge in [-0.25, -0.2) is 4.98 Å². The van der Waals surface area contributed by atoms with Crippen molar-refractivity contribution in [2.75, 3.05) is 41.0 Å². The Hall–Kier alpha value is -3.05. The summed E-state index contributed by atoms with van der Waals surface area (Å²) in [6, 6.07) is 3.45. The number of nitrogens with zero attached hydrogens (tertiary/aromatic N) is 4. The van der Waals surface area contributed by atoms with Crippen molar-refractivity contribution in [1.29, 1.82) is 0 Å². The number of thiazole rings is 1. The highest BCUT2D eigenvalue weighted by Gasteiger charge is 2.35. The Morgan fingerprint density at radius 3 is 2.39 bits per heavy atom. The minimum atomic E-state index is -0.324. The standard InChI is InChI=1S/C22H28N4O6S/c1-5-32-21(28)13-6-8-25(9-7-13)17(19-20(27)26-22(33-19)23-12-24-26)14-10-15(29-2)18(31-4)16(11-14)30-3/h10-13,17,27H,5-9H2,1-4H3/t17-/m1/s1. The predicted octanol–water partition coefficient (Wildman–Crippen LogP) is 2.89. The van der Waals surface area contributed by atoms with Crippen molar-refractivity contribution < 1.29 is 28.8 Å². The van der Waals surface area contributed by atoms with E-state index in [-0.39, 0.29) is 23.8 Å². The van der Waals surface area contributed by atoms with E-state index >= 15 is 0 Å². The topological polar surface area (TPSA) is 108 Å². The maximum atomic E-state index is 12.2. The van der Waals surface area contributed by atoms with Crippen LogP contribution < -0.4 is 14.2 Å². The molecule has 2 aromatic heterocycles. The molecule has 1 saturated heterocycles. The Balaban J connectivity index is 1.76. The molecule has 1 aromatic carbocycles. The first-order valence-electron chi connectivity index (χ1n) is 10.7. The highest BCUT2D eigenvalue weighted by atomic mass is 32.1. The van der Waals surface area contributed by atoms with Crippen molar-refractivity contribution in [1.82, 2.24) is 19.5 Å². The molecule has 3 heterocycles. The van der Waals surface area contributed by atoms with Crippen LogP contribution in [0.1, 0.15) is 36.2 Å². The molecule has 10 nitrogen and oxygen atoms in total. The number of benzene rings is 1. The van der Waals surface area contributed by atoms with Crippen molar-refractivity contribution in [2.45, 2.75) is 25.8 Å². The van der Waals surface area contributed by atoms with E-state index < -0.39 is 0 Å². The van der Waals surface area contributed by atoms with Crippen LogP contribution in [0.15, 0.2) is 18.5 Å². The van der Waals surface area contributed by atoms with Crippen LogP contribution in [0, 0.1) is 5.92 Å². The van der Waals surface area contributed by atoms with Gasteiger partial charge in [0.25, 0.3) is 0 Å². The number of esters is 1. The summed E-state index contributed by atoms with van der Waals surface area (Å²) in [5.74, 6) is 1.31. The molecule has 4 rings (SSSR count). The second kappa shape index (κ2) is 9.84. The number of hydrogen-bond donors (Lipinski definition) is 1. The molecule has 1 N–H and O–H groups in total. The molecule has 0 amide bonds. The molecule has 0 radical (unpaired) electrons. The summed E-state index contributed by atoms with van der Waals surface area (Å²) in [6.45, 7) is 3.50. The van der Waals surface area contributed by atoms with Crippen molar-refractivity contribution in [2.24, 2.45) is 5.92 Å². The quantitative estimate of drug-likeness (QED) is 0.491. The van der Waals surface area contributed by atoms with E-state index in [0.29, 0.717) is 59.6 Å². The molecule has 0 unspecified atom stereocenters. The molecular weight excluding hydrogens is 448 g/mol. The lowest BCUT2D eigenvalue weighted by Gasteiger charge is -2.37. The van der Waals surface area contributed by atoms with Gasteiger partial charge in [0.2, 0.25) is 16.6 Å². The summed E-state index contributed by atoms with van der Waals surface area (Å²) in [4.78, 5) is 20.0. The number of fused-ring (bicyclic) bond motifs is 1. The normalized spacial score (nSPS) is 16.0. The van der Waals surface area contributed by atoms with E-state index in [1.54, 1.807) is 21.3 Å². The van der Waals surface area contributed by atoms with E-state index in [0.717, 1.165) is 5.56 Å². The number of methoxy groups -OCH3 is 3. The number of hydrogen-bond acceptors (Lipinski definition) is 10. The molecule has 3 aromatic rings. The van der Waals surface area contributed by atoms with Crippen LogP contribution in [-0.4, -0.2) is 71.6 Å². The lowest BCUT2D eigenvalue weighted by Crippen LogP contribution is -2.39. The molecule has 178 valence electrons. The third kappa shape index (κ3) is 4.30. The number of ether oxygens (including phenoxy) is 4. The minimum absolute atomic E-state index is 0.0405. The van der Waals surface area contributed by atoms with Gasteiger partial charge in [-0.1, -0.05) is 11.3 Å². The summed E-state index contributed by atoms with van der Waals surface area (Å²) in [6.07, 6.45) is 2.75. The first-order valence-corrected chi connectivity index (χ1v) is 11.6. The van der Waals surface area contributed by atoms with Crippen molar-refractivity contribution in [3.05, 3.63) is 28.9 Å². The van der Waals surface area contributed by atoms with E-state index in [4.69, 9.17) is 18.9 Å². The van der Waals surface area contributed by atoms with Gasteiger partial charge in [-0.2, -0.15) is 9.61 Å². The predicted molar refractivity (Wildman–Crippen MR) is 121 cm³/mol. The maximum absolute atomic E-state index is 12.2. The molecule has 1 aliphatic rings. The highest BCUT2D eigenvalue weighted by molar-refractivity contribution is 7.17. The monoisotopic (exact) mass is 476 g/mol. The van der Waals surface area contributed by atoms with Crippen molar-refractivity contribution in [3.8, 4) is 23.1 Å². The summed E-state index contributed by atoms with van der Waals surface area (Å²) in [7, 11) is 4.70. The molecule has 0 saturated carbocycles. The zero-order chi connectivity index (χ0) is 23.5. The zero-order valence-electron chi connectivity index (χ0n) is 19.1. The van der Waals surface area contributed by atoms with Gasteiger partial charge in [0, 0.05) is 0 Å². The molecule has 1 fully saturated rings. The molecule has 1 atom stereocenters. The summed E-state index contributed by atoms with van der Waals surface area (Å²) < 4.78 is 23.3. The number of rotatable bonds is 8.